The number of hydrogen-bond donors (Lipinski definition) is 1. The second-order valence-corrected chi connectivity index (χ2v) is 10.0. The quantitative estimate of drug-likeness (QED) is 0.383. The van der Waals surface area contributed by atoms with Crippen LogP contribution in [-0.4, -0.2) is 52.1 Å². The monoisotopic (exact) mass is 498 g/mol. The maximum atomic E-state index is 10.1. The molecular formula is C25H26N10O2. The minimum Gasteiger partial charge on any atom is -0.450 e. The zero-order chi connectivity index (χ0) is 25.7. The highest BCUT2D eigenvalue weighted by Crippen LogP contribution is 2.34. The molecule has 188 valence electrons. The van der Waals surface area contributed by atoms with Crippen LogP contribution in [0.3, 0.4) is 0 Å². The van der Waals surface area contributed by atoms with E-state index in [0.29, 0.717) is 52.1 Å². The van der Waals surface area contributed by atoms with E-state index < -0.39 is 0 Å². The normalized spacial score (nSPS) is 15.9. The van der Waals surface area contributed by atoms with Gasteiger partial charge in [0.2, 0.25) is 5.95 Å². The average Bonchev–Trinajstić information content (AvgIpc) is 3.66. The van der Waals surface area contributed by atoms with E-state index in [2.05, 4.69) is 56.9 Å². The topological polar surface area (TPSA) is 133 Å². The summed E-state index contributed by atoms with van der Waals surface area (Å²) < 4.78 is 17.2. The molecule has 37 heavy (non-hydrogen) atoms. The summed E-state index contributed by atoms with van der Waals surface area (Å²) in [6.45, 7) is 7.89. The Labute approximate surface area is 212 Å². The highest BCUT2D eigenvalue weighted by Gasteiger charge is 2.28. The van der Waals surface area contributed by atoms with E-state index >= 15 is 0 Å². The Morgan fingerprint density at radius 2 is 2.08 bits per heavy atom. The first-order valence-electron chi connectivity index (χ1n) is 12.0. The number of hydrogen-bond acceptors (Lipinski definition) is 9. The molecule has 1 saturated heterocycles. The van der Waals surface area contributed by atoms with E-state index in [-0.39, 0.29) is 11.5 Å². The predicted octanol–water partition coefficient (Wildman–Crippen LogP) is 3.87. The first kappa shape index (κ1) is 22.9. The molecule has 5 aromatic heterocycles. The Kier molecular flexibility index (Phi) is 5.31. The fourth-order valence-corrected chi connectivity index (χ4v) is 4.59. The standard InChI is InChI=1S/C25H26N10O2/c1-25(2,3)20-9-21(32-35(20)15-5-8-36-14-15)30-24-31-23-22(33(24)4)16(10-26)18(12-28-23)37-19-13-29-34-7-6-27-11-17(19)34/h6-7,9,11-13,15H,5,8,14H2,1-4H3,(H,28,30,31,32)/t15-/m1/s1. The maximum Gasteiger partial charge on any atom is 0.210 e. The summed E-state index contributed by atoms with van der Waals surface area (Å²) in [5, 5.41) is 22.5. The van der Waals surface area contributed by atoms with Gasteiger partial charge in [-0.15, -0.1) is 0 Å². The van der Waals surface area contributed by atoms with Crippen molar-refractivity contribution < 1.29 is 9.47 Å². The van der Waals surface area contributed by atoms with Crippen molar-refractivity contribution in [2.24, 2.45) is 7.05 Å². The molecule has 0 saturated carbocycles. The minimum atomic E-state index is -0.0999. The van der Waals surface area contributed by atoms with Gasteiger partial charge in [-0.3, -0.25) is 9.67 Å². The van der Waals surface area contributed by atoms with Gasteiger partial charge in [-0.1, -0.05) is 20.8 Å². The molecule has 0 unspecified atom stereocenters. The molecule has 6 heterocycles. The van der Waals surface area contributed by atoms with Crippen LogP contribution in [-0.2, 0) is 17.2 Å². The molecule has 1 fully saturated rings. The van der Waals surface area contributed by atoms with Crippen LogP contribution in [0.4, 0.5) is 11.8 Å². The SMILES string of the molecule is Cn1c(Nc2cc(C(C)(C)C)n([C@@H]3CCOC3)n2)nc2ncc(Oc3cnn4ccncc34)c(C#N)c21. The number of nitrogens with one attached hydrogen (secondary N) is 1. The van der Waals surface area contributed by atoms with Crippen molar-refractivity contribution in [3.63, 3.8) is 0 Å². The third-order valence-electron chi connectivity index (χ3n) is 6.48. The second kappa shape index (κ2) is 8.56. The van der Waals surface area contributed by atoms with Crippen molar-refractivity contribution in [2.45, 2.75) is 38.6 Å². The van der Waals surface area contributed by atoms with E-state index in [1.807, 2.05) is 13.1 Å². The number of ether oxygens (including phenoxy) is 2. The Bertz CT molecular complexity index is 1660. The van der Waals surface area contributed by atoms with Gasteiger partial charge in [0, 0.05) is 43.2 Å². The van der Waals surface area contributed by atoms with Crippen LogP contribution in [0.5, 0.6) is 11.5 Å². The lowest BCUT2D eigenvalue weighted by Crippen LogP contribution is -2.22. The average molecular weight is 499 g/mol. The van der Waals surface area contributed by atoms with Crippen LogP contribution in [0.1, 0.15) is 44.5 Å². The fourth-order valence-electron chi connectivity index (χ4n) is 4.59. The number of pyridine rings is 1. The van der Waals surface area contributed by atoms with Gasteiger partial charge < -0.3 is 19.4 Å². The fraction of sp³-hybridized carbons (Fsp3) is 0.360. The molecule has 0 radical (unpaired) electrons. The van der Waals surface area contributed by atoms with E-state index in [9.17, 15) is 5.26 Å². The number of rotatable bonds is 5. The highest BCUT2D eigenvalue weighted by molar-refractivity contribution is 5.84. The zero-order valence-corrected chi connectivity index (χ0v) is 21.0. The van der Waals surface area contributed by atoms with Crippen molar-refractivity contribution in [2.75, 3.05) is 18.5 Å². The second-order valence-electron chi connectivity index (χ2n) is 10.0. The van der Waals surface area contributed by atoms with Crippen molar-refractivity contribution in [1.29, 1.82) is 5.26 Å². The van der Waals surface area contributed by atoms with Crippen LogP contribution in [0.15, 0.2) is 37.1 Å². The van der Waals surface area contributed by atoms with Crippen molar-refractivity contribution in [3.05, 3.63) is 48.3 Å². The lowest BCUT2D eigenvalue weighted by atomic mass is 9.91. The molecule has 12 heteroatoms. The van der Waals surface area contributed by atoms with Gasteiger partial charge in [-0.25, -0.2) is 9.50 Å². The highest BCUT2D eigenvalue weighted by atomic mass is 16.5. The minimum absolute atomic E-state index is 0.0999. The third-order valence-corrected chi connectivity index (χ3v) is 6.48. The molecule has 0 aliphatic carbocycles. The van der Waals surface area contributed by atoms with Crippen LogP contribution in [0.2, 0.25) is 0 Å². The number of aromatic nitrogens is 8. The number of nitrogens with zero attached hydrogens (tertiary/aromatic N) is 9. The maximum absolute atomic E-state index is 10.1. The van der Waals surface area contributed by atoms with Gasteiger partial charge in [0.25, 0.3) is 0 Å². The van der Waals surface area contributed by atoms with Crippen LogP contribution in [0.25, 0.3) is 16.7 Å². The van der Waals surface area contributed by atoms with E-state index in [4.69, 9.17) is 14.6 Å². The number of aryl methyl sites for hydroxylation is 1. The van der Waals surface area contributed by atoms with Crippen LogP contribution in [0, 0.1) is 11.3 Å². The lowest BCUT2D eigenvalue weighted by molar-refractivity contribution is 0.183. The first-order valence-corrected chi connectivity index (χ1v) is 12.0. The number of anilines is 2. The molecule has 0 spiro atoms. The van der Waals surface area contributed by atoms with Crippen molar-refractivity contribution >= 4 is 28.4 Å². The molecule has 1 atom stereocenters. The summed E-state index contributed by atoms with van der Waals surface area (Å²) in [6.07, 6.45) is 9.02. The number of fused-ring (bicyclic) bond motifs is 2. The van der Waals surface area contributed by atoms with Crippen molar-refractivity contribution in [1.82, 2.24) is 38.9 Å². The molecule has 12 nitrogen and oxygen atoms in total. The molecular weight excluding hydrogens is 472 g/mol. The molecule has 6 rings (SSSR count). The Hall–Kier alpha value is -4.50. The molecule has 0 bridgehead atoms. The molecule has 1 aliphatic rings. The van der Waals surface area contributed by atoms with Gasteiger partial charge >= 0.3 is 0 Å². The third kappa shape index (κ3) is 3.93. The van der Waals surface area contributed by atoms with E-state index in [1.165, 1.54) is 6.20 Å². The summed E-state index contributed by atoms with van der Waals surface area (Å²) in [6, 6.07) is 4.50. The molecule has 1 N–H and O–H groups in total. The molecule has 1 aliphatic heterocycles. The van der Waals surface area contributed by atoms with E-state index in [1.54, 1.807) is 33.9 Å². The van der Waals surface area contributed by atoms with E-state index in [0.717, 1.165) is 18.7 Å². The Morgan fingerprint density at radius 1 is 1.22 bits per heavy atom. The van der Waals surface area contributed by atoms with Gasteiger partial charge in [0.15, 0.2) is 23.0 Å². The zero-order valence-electron chi connectivity index (χ0n) is 21.0. The van der Waals surface area contributed by atoms with Gasteiger partial charge in [-0.2, -0.15) is 20.4 Å². The number of imidazole rings is 1. The first-order chi connectivity index (χ1) is 17.8. The van der Waals surface area contributed by atoms with Crippen LogP contribution >= 0.6 is 0 Å². The van der Waals surface area contributed by atoms with Crippen LogP contribution < -0.4 is 10.1 Å². The summed E-state index contributed by atoms with van der Waals surface area (Å²) in [4.78, 5) is 13.2. The Morgan fingerprint density at radius 3 is 2.84 bits per heavy atom. The summed E-state index contributed by atoms with van der Waals surface area (Å²) >= 11 is 0. The largest absolute Gasteiger partial charge is 0.450 e. The number of nitriles is 1. The summed E-state index contributed by atoms with van der Waals surface area (Å²) in [5.74, 6) is 1.97. The molecule has 5 aromatic rings. The van der Waals surface area contributed by atoms with Gasteiger partial charge in [0.1, 0.15) is 22.7 Å². The molecule has 0 aromatic carbocycles. The lowest BCUT2D eigenvalue weighted by Gasteiger charge is -2.22. The van der Waals surface area contributed by atoms with Gasteiger partial charge in [0.05, 0.1) is 31.2 Å². The molecule has 0 amide bonds. The summed E-state index contributed by atoms with van der Waals surface area (Å²) in [5.41, 5.74) is 2.99. The van der Waals surface area contributed by atoms with Crippen molar-refractivity contribution in [3.8, 4) is 17.6 Å². The summed E-state index contributed by atoms with van der Waals surface area (Å²) in [7, 11) is 1.83. The van der Waals surface area contributed by atoms with Gasteiger partial charge in [-0.05, 0) is 6.42 Å². The smallest absolute Gasteiger partial charge is 0.210 e. The Balaban J connectivity index is 1.37. The predicted molar refractivity (Wildman–Crippen MR) is 135 cm³/mol.